The number of hydrogen-bond acceptors (Lipinski definition) is 5. The maximum atomic E-state index is 12.4. The fourth-order valence-electron chi connectivity index (χ4n) is 8.81. The first-order chi connectivity index (χ1) is 31.5. The molecule has 0 spiro atoms. The first-order valence-electron chi connectivity index (χ1n) is 28.6. The SMILES string of the molecule is CCCCCCCCCCC/C=C/C(O)C(CO)NC(=O)CCCCCCCCCCC/C=C\CCCCCCCCCCCCCCOC(=O)CCCCCCCCCCCCC. The predicted octanol–water partition coefficient (Wildman–Crippen LogP) is 17.5. The van der Waals surface area contributed by atoms with Crippen LogP contribution in [0.2, 0.25) is 0 Å². The van der Waals surface area contributed by atoms with Gasteiger partial charge >= 0.3 is 5.97 Å². The van der Waals surface area contributed by atoms with Crippen molar-refractivity contribution >= 4 is 11.9 Å². The van der Waals surface area contributed by atoms with Crippen LogP contribution in [0.25, 0.3) is 0 Å². The van der Waals surface area contributed by atoms with Gasteiger partial charge in [0.1, 0.15) is 0 Å². The van der Waals surface area contributed by atoms with Gasteiger partial charge in [-0.15, -0.1) is 0 Å². The van der Waals surface area contributed by atoms with Gasteiger partial charge in [0.15, 0.2) is 0 Å². The van der Waals surface area contributed by atoms with Crippen LogP contribution < -0.4 is 5.32 Å². The summed E-state index contributed by atoms with van der Waals surface area (Å²) < 4.78 is 5.46. The second-order valence-corrected chi connectivity index (χ2v) is 19.6. The average molecular weight is 903 g/mol. The van der Waals surface area contributed by atoms with Gasteiger partial charge in [-0.05, 0) is 57.8 Å². The van der Waals surface area contributed by atoms with Crippen LogP contribution in [-0.2, 0) is 14.3 Å². The van der Waals surface area contributed by atoms with Crippen LogP contribution in [0.4, 0.5) is 0 Å². The number of ether oxygens (including phenoxy) is 1. The van der Waals surface area contributed by atoms with Crippen LogP contribution in [-0.4, -0.2) is 47.4 Å². The summed E-state index contributed by atoms with van der Waals surface area (Å²) in [5, 5.41) is 23.0. The third kappa shape index (κ3) is 49.8. The Morgan fingerprint density at radius 3 is 1.11 bits per heavy atom. The summed E-state index contributed by atoms with van der Waals surface area (Å²) in [6.07, 6.45) is 64.9. The Bertz CT molecular complexity index is 997. The van der Waals surface area contributed by atoms with Gasteiger partial charge in [-0.25, -0.2) is 0 Å². The van der Waals surface area contributed by atoms with Crippen LogP contribution >= 0.6 is 0 Å². The van der Waals surface area contributed by atoms with Gasteiger partial charge in [0.25, 0.3) is 0 Å². The number of nitrogens with one attached hydrogen (secondary N) is 1. The molecule has 2 unspecified atom stereocenters. The van der Waals surface area contributed by atoms with E-state index in [0.29, 0.717) is 19.4 Å². The molecule has 0 rings (SSSR count). The zero-order valence-electron chi connectivity index (χ0n) is 43.0. The summed E-state index contributed by atoms with van der Waals surface area (Å²) in [5.41, 5.74) is 0. The highest BCUT2D eigenvalue weighted by Crippen LogP contribution is 2.16. The minimum absolute atomic E-state index is 0.0125. The number of unbranched alkanes of at least 4 members (excludes halogenated alkanes) is 40. The average Bonchev–Trinajstić information content (AvgIpc) is 3.29. The number of allylic oxidation sites excluding steroid dienone is 3. The monoisotopic (exact) mass is 902 g/mol. The van der Waals surface area contributed by atoms with Gasteiger partial charge in [0, 0.05) is 12.8 Å². The molecule has 3 N–H and O–H groups in total. The van der Waals surface area contributed by atoms with Crippen molar-refractivity contribution in [3.05, 3.63) is 24.3 Å². The van der Waals surface area contributed by atoms with Crippen molar-refractivity contribution in [2.45, 2.75) is 321 Å². The Labute approximate surface area is 399 Å². The molecule has 0 saturated heterocycles. The first kappa shape index (κ1) is 62.3. The van der Waals surface area contributed by atoms with Crippen LogP contribution in [0.3, 0.4) is 0 Å². The van der Waals surface area contributed by atoms with Crippen molar-refractivity contribution in [2.24, 2.45) is 0 Å². The van der Waals surface area contributed by atoms with E-state index in [1.54, 1.807) is 6.08 Å². The number of amides is 1. The Balaban J connectivity index is 3.40. The number of carbonyl (C=O) groups excluding carboxylic acids is 2. The van der Waals surface area contributed by atoms with Gasteiger partial charge in [0.05, 0.1) is 25.4 Å². The van der Waals surface area contributed by atoms with E-state index in [4.69, 9.17) is 4.74 Å². The second-order valence-electron chi connectivity index (χ2n) is 19.6. The standard InChI is InChI=1S/C58H111NO5/c1-3-5-7-9-11-13-30-34-38-42-46-50-56(61)55(54-60)59-57(62)51-47-43-39-35-32-28-26-24-22-20-18-16-15-17-19-21-23-25-27-29-33-37-41-45-49-53-64-58(63)52-48-44-40-36-31-14-12-10-8-6-4-2/h16,18,46,50,55-56,60-61H,3-15,17,19-45,47-49,51-54H2,1-2H3,(H,59,62)/b18-16-,50-46+. The molecule has 0 aromatic heterocycles. The van der Waals surface area contributed by atoms with E-state index < -0.39 is 12.1 Å². The molecule has 64 heavy (non-hydrogen) atoms. The van der Waals surface area contributed by atoms with Crippen LogP contribution in [0.15, 0.2) is 24.3 Å². The van der Waals surface area contributed by atoms with Gasteiger partial charge in [0.2, 0.25) is 5.91 Å². The number of aliphatic hydroxyl groups is 2. The normalized spacial score (nSPS) is 12.8. The van der Waals surface area contributed by atoms with Crippen molar-refractivity contribution < 1.29 is 24.5 Å². The largest absolute Gasteiger partial charge is 0.466 e. The van der Waals surface area contributed by atoms with E-state index in [1.165, 1.54) is 244 Å². The molecular weight excluding hydrogens is 791 g/mol. The van der Waals surface area contributed by atoms with Gasteiger partial charge in [-0.2, -0.15) is 0 Å². The lowest BCUT2D eigenvalue weighted by atomic mass is 10.0. The number of hydrogen-bond donors (Lipinski definition) is 3. The van der Waals surface area contributed by atoms with Crippen LogP contribution in [0.1, 0.15) is 309 Å². The molecule has 1 amide bonds. The zero-order chi connectivity index (χ0) is 46.5. The molecule has 2 atom stereocenters. The molecular formula is C58H111NO5. The Morgan fingerprint density at radius 1 is 0.422 bits per heavy atom. The highest BCUT2D eigenvalue weighted by atomic mass is 16.5. The molecule has 0 heterocycles. The van der Waals surface area contributed by atoms with Crippen LogP contribution in [0.5, 0.6) is 0 Å². The van der Waals surface area contributed by atoms with Gasteiger partial charge in [-0.3, -0.25) is 9.59 Å². The van der Waals surface area contributed by atoms with Crippen molar-refractivity contribution in [1.29, 1.82) is 0 Å². The Hall–Kier alpha value is -1.66. The lowest BCUT2D eigenvalue weighted by Crippen LogP contribution is -2.45. The molecule has 0 aliphatic rings. The quantitative estimate of drug-likeness (QED) is 0.0321. The molecule has 0 aromatic carbocycles. The Kier molecular flexibility index (Phi) is 52.6. The fourth-order valence-corrected chi connectivity index (χ4v) is 8.81. The highest BCUT2D eigenvalue weighted by molar-refractivity contribution is 5.76. The topological polar surface area (TPSA) is 95.9 Å². The maximum Gasteiger partial charge on any atom is 0.305 e. The molecule has 0 bridgehead atoms. The maximum absolute atomic E-state index is 12.4. The van der Waals surface area contributed by atoms with Crippen molar-refractivity contribution in [2.75, 3.05) is 13.2 Å². The zero-order valence-corrected chi connectivity index (χ0v) is 43.0. The van der Waals surface area contributed by atoms with Gasteiger partial charge < -0.3 is 20.3 Å². The number of esters is 1. The highest BCUT2D eigenvalue weighted by Gasteiger charge is 2.18. The molecule has 0 aromatic rings. The third-order valence-electron chi connectivity index (χ3n) is 13.2. The lowest BCUT2D eigenvalue weighted by Gasteiger charge is -2.20. The predicted molar refractivity (Wildman–Crippen MR) is 278 cm³/mol. The summed E-state index contributed by atoms with van der Waals surface area (Å²) in [6.45, 7) is 4.89. The summed E-state index contributed by atoms with van der Waals surface area (Å²) in [6, 6.07) is -0.628. The lowest BCUT2D eigenvalue weighted by molar-refractivity contribution is -0.143. The number of carbonyl (C=O) groups is 2. The van der Waals surface area contributed by atoms with E-state index in [9.17, 15) is 19.8 Å². The second kappa shape index (κ2) is 54.0. The van der Waals surface area contributed by atoms with Gasteiger partial charge in [-0.1, -0.05) is 263 Å². The molecule has 0 aliphatic carbocycles. The number of aliphatic hydroxyl groups excluding tert-OH is 2. The van der Waals surface area contributed by atoms with Crippen molar-refractivity contribution in [3.63, 3.8) is 0 Å². The molecule has 0 aliphatic heterocycles. The van der Waals surface area contributed by atoms with E-state index in [2.05, 4.69) is 31.3 Å². The molecule has 6 nitrogen and oxygen atoms in total. The van der Waals surface area contributed by atoms with E-state index in [1.807, 2.05) is 6.08 Å². The first-order valence-corrected chi connectivity index (χ1v) is 28.6. The van der Waals surface area contributed by atoms with Crippen LogP contribution in [0, 0.1) is 0 Å². The third-order valence-corrected chi connectivity index (χ3v) is 13.2. The Morgan fingerprint density at radius 2 is 0.734 bits per heavy atom. The van der Waals surface area contributed by atoms with Crippen molar-refractivity contribution in [1.82, 2.24) is 5.32 Å². The summed E-state index contributed by atoms with van der Waals surface area (Å²) in [5.74, 6) is -0.0593. The van der Waals surface area contributed by atoms with E-state index in [-0.39, 0.29) is 18.5 Å². The fraction of sp³-hybridized carbons (Fsp3) is 0.897. The smallest absolute Gasteiger partial charge is 0.305 e. The van der Waals surface area contributed by atoms with E-state index >= 15 is 0 Å². The summed E-state index contributed by atoms with van der Waals surface area (Å²) in [4.78, 5) is 24.4. The minimum atomic E-state index is -0.844. The molecule has 378 valence electrons. The molecule has 0 saturated carbocycles. The summed E-state index contributed by atoms with van der Waals surface area (Å²) in [7, 11) is 0. The minimum Gasteiger partial charge on any atom is -0.466 e. The van der Waals surface area contributed by atoms with E-state index in [0.717, 1.165) is 38.5 Å². The summed E-state index contributed by atoms with van der Waals surface area (Å²) >= 11 is 0. The number of rotatable bonds is 53. The van der Waals surface area contributed by atoms with Crippen molar-refractivity contribution in [3.8, 4) is 0 Å². The molecule has 6 heteroatoms. The molecule has 0 fully saturated rings. The molecule has 0 radical (unpaired) electrons.